The number of rotatable bonds is 2. The molecule has 4 nitrogen and oxygen atoms in total. The van der Waals surface area contributed by atoms with Gasteiger partial charge in [-0.15, -0.1) is 0 Å². The van der Waals surface area contributed by atoms with Crippen molar-refractivity contribution in [2.75, 3.05) is 6.54 Å². The van der Waals surface area contributed by atoms with E-state index in [0.717, 1.165) is 23.1 Å². The van der Waals surface area contributed by atoms with Crippen LogP contribution in [0.1, 0.15) is 16.7 Å². The Morgan fingerprint density at radius 2 is 1.79 bits per heavy atom. The minimum atomic E-state index is -3.55. The number of nitrogens with zero attached hydrogens (tertiary/aromatic N) is 2. The highest BCUT2D eigenvalue weighted by Crippen LogP contribution is 2.30. The van der Waals surface area contributed by atoms with Crippen LogP contribution in [0.15, 0.2) is 59.6 Å². The smallest absolute Gasteiger partial charge is 0.244 e. The second kappa shape index (κ2) is 5.69. The average molecular weight is 338 g/mol. The third-order valence-electron chi connectivity index (χ3n) is 4.64. The zero-order valence-electron chi connectivity index (χ0n) is 13.4. The van der Waals surface area contributed by atoms with Gasteiger partial charge in [-0.05, 0) is 48.2 Å². The first kappa shape index (κ1) is 15.3. The molecule has 0 saturated carbocycles. The van der Waals surface area contributed by atoms with Crippen LogP contribution >= 0.6 is 0 Å². The summed E-state index contributed by atoms with van der Waals surface area (Å²) in [4.78, 5) is 4.70. The van der Waals surface area contributed by atoms with E-state index in [9.17, 15) is 8.42 Å². The van der Waals surface area contributed by atoms with E-state index in [1.54, 1.807) is 22.6 Å². The van der Waals surface area contributed by atoms with E-state index < -0.39 is 10.0 Å². The van der Waals surface area contributed by atoms with Gasteiger partial charge in [0.05, 0.1) is 10.4 Å². The van der Waals surface area contributed by atoms with Gasteiger partial charge in [-0.2, -0.15) is 4.31 Å². The molecule has 0 atom stereocenters. The first-order chi connectivity index (χ1) is 11.6. The van der Waals surface area contributed by atoms with E-state index in [2.05, 4.69) is 11.1 Å². The van der Waals surface area contributed by atoms with E-state index in [-0.39, 0.29) is 0 Å². The van der Waals surface area contributed by atoms with Gasteiger partial charge in [0, 0.05) is 24.7 Å². The van der Waals surface area contributed by atoms with Gasteiger partial charge in [-0.25, -0.2) is 8.42 Å². The summed E-state index contributed by atoms with van der Waals surface area (Å²) in [7, 11) is -3.55. The molecular weight excluding hydrogens is 320 g/mol. The van der Waals surface area contributed by atoms with Crippen LogP contribution in [-0.4, -0.2) is 24.3 Å². The summed E-state index contributed by atoms with van der Waals surface area (Å²) in [5, 5.41) is 0.691. The molecule has 0 amide bonds. The Kier molecular flexibility index (Phi) is 3.62. The van der Waals surface area contributed by atoms with Crippen molar-refractivity contribution in [3.8, 4) is 0 Å². The normalized spacial score (nSPS) is 15.4. The van der Waals surface area contributed by atoms with E-state index >= 15 is 0 Å². The maximum absolute atomic E-state index is 13.2. The molecule has 0 fully saturated rings. The highest BCUT2D eigenvalue weighted by molar-refractivity contribution is 7.89. The molecule has 1 aromatic heterocycles. The molecule has 0 unspecified atom stereocenters. The summed E-state index contributed by atoms with van der Waals surface area (Å²) < 4.78 is 28.0. The Morgan fingerprint density at radius 3 is 2.62 bits per heavy atom. The number of aryl methyl sites for hydroxylation is 1. The van der Waals surface area contributed by atoms with Gasteiger partial charge in [0.25, 0.3) is 0 Å². The number of sulfonamides is 1. The Balaban J connectivity index is 1.81. The van der Waals surface area contributed by atoms with E-state index in [4.69, 9.17) is 0 Å². The van der Waals surface area contributed by atoms with Crippen LogP contribution < -0.4 is 0 Å². The number of benzene rings is 2. The van der Waals surface area contributed by atoms with Gasteiger partial charge in [-0.1, -0.05) is 30.3 Å². The lowest BCUT2D eigenvalue weighted by Crippen LogP contribution is -2.36. The van der Waals surface area contributed by atoms with Crippen LogP contribution in [0.4, 0.5) is 0 Å². The average Bonchev–Trinajstić information content (AvgIpc) is 2.61. The fraction of sp³-hybridized carbons (Fsp3) is 0.211. The maximum Gasteiger partial charge on any atom is 0.244 e. The highest BCUT2D eigenvalue weighted by atomic mass is 32.2. The second-order valence-corrected chi connectivity index (χ2v) is 8.04. The molecule has 1 aliphatic rings. The molecule has 0 N–H and O–H groups in total. The summed E-state index contributed by atoms with van der Waals surface area (Å²) >= 11 is 0. The molecule has 1 aliphatic heterocycles. The Hall–Kier alpha value is -2.24. The van der Waals surface area contributed by atoms with Crippen LogP contribution in [0.5, 0.6) is 0 Å². The Labute approximate surface area is 141 Å². The van der Waals surface area contributed by atoms with Crippen LogP contribution in [-0.2, 0) is 23.0 Å². The van der Waals surface area contributed by atoms with Crippen molar-refractivity contribution in [2.45, 2.75) is 24.8 Å². The lowest BCUT2D eigenvalue weighted by molar-refractivity contribution is 0.392. The zero-order valence-corrected chi connectivity index (χ0v) is 14.3. The van der Waals surface area contributed by atoms with Crippen molar-refractivity contribution < 1.29 is 8.42 Å². The molecule has 0 saturated heterocycles. The molecule has 2 heterocycles. The molecule has 122 valence electrons. The van der Waals surface area contributed by atoms with E-state index in [0.29, 0.717) is 23.4 Å². The molecule has 24 heavy (non-hydrogen) atoms. The molecule has 2 aromatic carbocycles. The van der Waals surface area contributed by atoms with Crippen molar-refractivity contribution >= 4 is 20.9 Å². The molecular formula is C19H18N2O2S. The summed E-state index contributed by atoms with van der Waals surface area (Å²) in [5.41, 5.74) is 4.05. The van der Waals surface area contributed by atoms with Gasteiger partial charge >= 0.3 is 0 Å². The minimum Gasteiger partial charge on any atom is -0.256 e. The Morgan fingerprint density at radius 1 is 1.00 bits per heavy atom. The van der Waals surface area contributed by atoms with Crippen LogP contribution in [0.2, 0.25) is 0 Å². The van der Waals surface area contributed by atoms with Gasteiger partial charge in [-0.3, -0.25) is 4.98 Å². The molecule has 0 spiro atoms. The van der Waals surface area contributed by atoms with Gasteiger partial charge in [0.1, 0.15) is 0 Å². The quantitative estimate of drug-likeness (QED) is 0.720. The van der Waals surface area contributed by atoms with Crippen molar-refractivity contribution in [3.05, 3.63) is 71.4 Å². The van der Waals surface area contributed by atoms with Crippen molar-refractivity contribution in [2.24, 2.45) is 0 Å². The Bertz CT molecular complexity index is 1030. The fourth-order valence-electron chi connectivity index (χ4n) is 3.33. The fourth-order valence-corrected chi connectivity index (χ4v) is 4.93. The third kappa shape index (κ3) is 2.41. The molecule has 0 radical (unpaired) electrons. The van der Waals surface area contributed by atoms with Gasteiger partial charge in [0.2, 0.25) is 10.0 Å². The summed E-state index contributed by atoms with van der Waals surface area (Å²) in [5.74, 6) is 0. The monoisotopic (exact) mass is 338 g/mol. The van der Waals surface area contributed by atoms with Crippen LogP contribution in [0, 0.1) is 6.92 Å². The molecule has 4 rings (SSSR count). The zero-order chi connectivity index (χ0) is 16.7. The van der Waals surface area contributed by atoms with Gasteiger partial charge in [0.15, 0.2) is 0 Å². The summed E-state index contributed by atoms with van der Waals surface area (Å²) in [6.07, 6.45) is 2.44. The predicted molar refractivity (Wildman–Crippen MR) is 94.2 cm³/mol. The maximum atomic E-state index is 13.2. The van der Waals surface area contributed by atoms with Gasteiger partial charge < -0.3 is 0 Å². The summed E-state index contributed by atoms with van der Waals surface area (Å²) in [6.45, 7) is 2.88. The number of fused-ring (bicyclic) bond motifs is 2. The number of aromatic nitrogens is 1. The first-order valence-corrected chi connectivity index (χ1v) is 9.42. The highest BCUT2D eigenvalue weighted by Gasteiger charge is 2.29. The standard InChI is InChI=1S/C19H18N2O2S/c1-14-8-9-18(17-7-4-11-20-19(14)17)24(22,23)21-12-10-15-5-2-3-6-16(15)13-21/h2-9,11H,10,12-13H2,1H3. The topological polar surface area (TPSA) is 50.3 Å². The minimum absolute atomic E-state index is 0.343. The number of hydrogen-bond donors (Lipinski definition) is 0. The summed E-state index contributed by atoms with van der Waals surface area (Å²) in [6, 6.07) is 15.2. The first-order valence-electron chi connectivity index (χ1n) is 7.98. The van der Waals surface area contributed by atoms with E-state index in [1.165, 1.54) is 5.56 Å². The van der Waals surface area contributed by atoms with E-state index in [1.807, 2.05) is 37.3 Å². The van der Waals surface area contributed by atoms with Crippen molar-refractivity contribution in [1.29, 1.82) is 0 Å². The number of pyridine rings is 1. The molecule has 5 heteroatoms. The van der Waals surface area contributed by atoms with Crippen LogP contribution in [0.25, 0.3) is 10.9 Å². The SMILES string of the molecule is Cc1ccc(S(=O)(=O)N2CCc3ccccc3C2)c2cccnc12. The van der Waals surface area contributed by atoms with Crippen molar-refractivity contribution in [3.63, 3.8) is 0 Å². The molecule has 3 aromatic rings. The molecule has 0 bridgehead atoms. The lowest BCUT2D eigenvalue weighted by Gasteiger charge is -2.28. The molecule has 0 aliphatic carbocycles. The lowest BCUT2D eigenvalue weighted by atomic mass is 10.0. The predicted octanol–water partition coefficient (Wildman–Crippen LogP) is 3.29. The van der Waals surface area contributed by atoms with Crippen molar-refractivity contribution in [1.82, 2.24) is 9.29 Å². The third-order valence-corrected chi connectivity index (χ3v) is 6.55. The largest absolute Gasteiger partial charge is 0.256 e. The van der Waals surface area contributed by atoms with Crippen LogP contribution in [0.3, 0.4) is 0 Å². The number of hydrogen-bond acceptors (Lipinski definition) is 3. The second-order valence-electron chi connectivity index (χ2n) is 6.14.